The second-order valence-electron chi connectivity index (χ2n) is 5.22. The molecule has 2 aromatic rings. The molecule has 0 heterocycles. The summed E-state index contributed by atoms with van der Waals surface area (Å²) in [6.07, 6.45) is 1.54. The molecule has 2 aromatic carbocycles. The number of carbonyl (C=O) groups is 1. The summed E-state index contributed by atoms with van der Waals surface area (Å²) in [4.78, 5) is 11.8. The van der Waals surface area contributed by atoms with Crippen molar-refractivity contribution in [3.8, 4) is 11.5 Å². The van der Waals surface area contributed by atoms with E-state index in [0.717, 1.165) is 5.56 Å². The zero-order valence-electron chi connectivity index (χ0n) is 12.4. The molecule has 3 N–H and O–H groups in total. The zero-order chi connectivity index (χ0) is 16.1. The van der Waals surface area contributed by atoms with Crippen molar-refractivity contribution in [3.63, 3.8) is 0 Å². The van der Waals surface area contributed by atoms with Gasteiger partial charge in [-0.1, -0.05) is 38.1 Å². The molecule has 0 unspecified atom stereocenters. The minimum absolute atomic E-state index is 0.211. The van der Waals surface area contributed by atoms with Crippen LogP contribution in [0.15, 0.2) is 47.6 Å². The molecule has 5 heteroatoms. The smallest absolute Gasteiger partial charge is 0.271 e. The maximum atomic E-state index is 11.8. The summed E-state index contributed by atoms with van der Waals surface area (Å²) in [6, 6.07) is 11.7. The first kappa shape index (κ1) is 15.6. The van der Waals surface area contributed by atoms with Gasteiger partial charge in [0.1, 0.15) is 0 Å². The molecule has 114 valence electrons. The minimum Gasteiger partial charge on any atom is -0.504 e. The monoisotopic (exact) mass is 298 g/mol. The van der Waals surface area contributed by atoms with E-state index >= 15 is 0 Å². The van der Waals surface area contributed by atoms with Gasteiger partial charge in [-0.05, 0) is 35.2 Å². The summed E-state index contributed by atoms with van der Waals surface area (Å²) in [7, 11) is 0. The zero-order valence-corrected chi connectivity index (χ0v) is 12.4. The minimum atomic E-state index is -0.467. The summed E-state index contributed by atoms with van der Waals surface area (Å²) in [5, 5.41) is 22.4. The molecule has 5 nitrogen and oxygen atoms in total. The molecule has 1 amide bonds. The SMILES string of the molecule is CC(C)c1ccc(/C=N/NC(=O)c2ccc(O)c(O)c2)cc1. The Morgan fingerprint density at radius 2 is 1.77 bits per heavy atom. The largest absolute Gasteiger partial charge is 0.504 e. The van der Waals surface area contributed by atoms with Crippen LogP contribution in [-0.4, -0.2) is 22.3 Å². The van der Waals surface area contributed by atoms with Crippen LogP contribution in [0.3, 0.4) is 0 Å². The molecule has 0 aliphatic carbocycles. The number of nitrogens with zero attached hydrogens (tertiary/aromatic N) is 1. The Balaban J connectivity index is 1.99. The number of carbonyl (C=O) groups excluding carboxylic acids is 1. The number of nitrogens with one attached hydrogen (secondary N) is 1. The fraction of sp³-hybridized carbons (Fsp3) is 0.176. The normalized spacial score (nSPS) is 11.0. The van der Waals surface area contributed by atoms with Gasteiger partial charge in [-0.2, -0.15) is 5.10 Å². The predicted molar refractivity (Wildman–Crippen MR) is 85.4 cm³/mol. The molecule has 22 heavy (non-hydrogen) atoms. The van der Waals surface area contributed by atoms with E-state index in [0.29, 0.717) is 5.92 Å². The fourth-order valence-electron chi connectivity index (χ4n) is 1.86. The van der Waals surface area contributed by atoms with Gasteiger partial charge < -0.3 is 10.2 Å². The lowest BCUT2D eigenvalue weighted by molar-refractivity contribution is 0.0954. The molecule has 2 rings (SSSR count). The number of aromatic hydroxyl groups is 2. The van der Waals surface area contributed by atoms with Crippen molar-refractivity contribution in [1.82, 2.24) is 5.43 Å². The number of benzene rings is 2. The highest BCUT2D eigenvalue weighted by molar-refractivity contribution is 5.95. The standard InChI is InChI=1S/C17H18N2O3/c1-11(2)13-5-3-12(4-6-13)10-18-19-17(22)14-7-8-15(20)16(21)9-14/h3-11,20-21H,1-2H3,(H,19,22)/b18-10+. The van der Waals surface area contributed by atoms with Crippen molar-refractivity contribution in [2.75, 3.05) is 0 Å². The lowest BCUT2D eigenvalue weighted by Crippen LogP contribution is -2.17. The van der Waals surface area contributed by atoms with Crippen LogP contribution in [0.4, 0.5) is 0 Å². The Kier molecular flexibility index (Phi) is 4.78. The second kappa shape index (κ2) is 6.76. The molecule has 0 spiro atoms. The van der Waals surface area contributed by atoms with E-state index in [9.17, 15) is 15.0 Å². The van der Waals surface area contributed by atoms with Crippen LogP contribution < -0.4 is 5.43 Å². The lowest BCUT2D eigenvalue weighted by Gasteiger charge is -2.04. The number of hydrazone groups is 1. The number of rotatable bonds is 4. The third-order valence-electron chi connectivity index (χ3n) is 3.22. The van der Waals surface area contributed by atoms with E-state index in [1.165, 1.54) is 23.8 Å². The average Bonchev–Trinajstić information content (AvgIpc) is 2.50. The van der Waals surface area contributed by atoms with Gasteiger partial charge in [-0.3, -0.25) is 4.79 Å². The van der Waals surface area contributed by atoms with E-state index in [1.807, 2.05) is 24.3 Å². The maximum absolute atomic E-state index is 11.8. The van der Waals surface area contributed by atoms with Gasteiger partial charge in [-0.15, -0.1) is 0 Å². The van der Waals surface area contributed by atoms with Gasteiger partial charge in [0, 0.05) is 5.56 Å². The molecule has 0 saturated carbocycles. The van der Waals surface area contributed by atoms with E-state index in [-0.39, 0.29) is 17.1 Å². The summed E-state index contributed by atoms with van der Waals surface area (Å²) in [5.41, 5.74) is 4.69. The third-order valence-corrected chi connectivity index (χ3v) is 3.22. The quantitative estimate of drug-likeness (QED) is 0.461. The van der Waals surface area contributed by atoms with Crippen LogP contribution in [0.1, 0.15) is 41.3 Å². The van der Waals surface area contributed by atoms with Crippen molar-refractivity contribution in [2.24, 2.45) is 5.10 Å². The first-order valence-electron chi connectivity index (χ1n) is 6.92. The Labute approximate surface area is 128 Å². The molecule has 0 bridgehead atoms. The van der Waals surface area contributed by atoms with Gasteiger partial charge in [0.15, 0.2) is 11.5 Å². The van der Waals surface area contributed by atoms with E-state index in [1.54, 1.807) is 6.21 Å². The van der Waals surface area contributed by atoms with Gasteiger partial charge in [0.05, 0.1) is 6.21 Å². The highest BCUT2D eigenvalue weighted by atomic mass is 16.3. The summed E-state index contributed by atoms with van der Waals surface area (Å²) >= 11 is 0. The third kappa shape index (κ3) is 3.85. The second-order valence-corrected chi connectivity index (χ2v) is 5.22. The average molecular weight is 298 g/mol. The fourth-order valence-corrected chi connectivity index (χ4v) is 1.86. The Morgan fingerprint density at radius 1 is 1.09 bits per heavy atom. The van der Waals surface area contributed by atoms with Crippen LogP contribution in [0.5, 0.6) is 11.5 Å². The topological polar surface area (TPSA) is 81.9 Å². The van der Waals surface area contributed by atoms with Gasteiger partial charge in [0.2, 0.25) is 0 Å². The molecular weight excluding hydrogens is 280 g/mol. The lowest BCUT2D eigenvalue weighted by atomic mass is 10.0. The first-order valence-corrected chi connectivity index (χ1v) is 6.92. The van der Waals surface area contributed by atoms with Crippen LogP contribution in [0.25, 0.3) is 0 Å². The maximum Gasteiger partial charge on any atom is 0.271 e. The summed E-state index contributed by atoms with van der Waals surface area (Å²) in [5.74, 6) is -0.621. The number of phenols is 2. The Hall–Kier alpha value is -2.82. The van der Waals surface area contributed by atoms with Crippen LogP contribution in [-0.2, 0) is 0 Å². The van der Waals surface area contributed by atoms with Crippen LogP contribution in [0, 0.1) is 0 Å². The van der Waals surface area contributed by atoms with Gasteiger partial charge in [-0.25, -0.2) is 5.43 Å². The van der Waals surface area contributed by atoms with Crippen LogP contribution >= 0.6 is 0 Å². The highest BCUT2D eigenvalue weighted by Gasteiger charge is 2.07. The molecule has 0 aliphatic heterocycles. The number of hydrogen-bond acceptors (Lipinski definition) is 4. The Morgan fingerprint density at radius 3 is 2.36 bits per heavy atom. The first-order chi connectivity index (χ1) is 10.5. The Bertz CT molecular complexity index is 692. The summed E-state index contributed by atoms with van der Waals surface area (Å²) in [6.45, 7) is 4.24. The number of amides is 1. The highest BCUT2D eigenvalue weighted by Crippen LogP contribution is 2.24. The van der Waals surface area contributed by atoms with Crippen molar-refractivity contribution in [2.45, 2.75) is 19.8 Å². The number of hydrogen-bond donors (Lipinski definition) is 3. The van der Waals surface area contributed by atoms with E-state index in [2.05, 4.69) is 24.4 Å². The van der Waals surface area contributed by atoms with Crippen molar-refractivity contribution >= 4 is 12.1 Å². The molecule has 0 fully saturated rings. The molecule has 0 radical (unpaired) electrons. The van der Waals surface area contributed by atoms with E-state index in [4.69, 9.17) is 0 Å². The summed E-state index contributed by atoms with van der Waals surface area (Å²) < 4.78 is 0. The molecule has 0 aliphatic rings. The molecule has 0 aromatic heterocycles. The van der Waals surface area contributed by atoms with Gasteiger partial charge in [0.25, 0.3) is 5.91 Å². The predicted octanol–water partition coefficient (Wildman–Crippen LogP) is 2.99. The van der Waals surface area contributed by atoms with E-state index < -0.39 is 5.91 Å². The molecule has 0 atom stereocenters. The van der Waals surface area contributed by atoms with Crippen molar-refractivity contribution in [3.05, 3.63) is 59.2 Å². The molecular formula is C17H18N2O3. The van der Waals surface area contributed by atoms with Crippen molar-refractivity contribution < 1.29 is 15.0 Å². The molecule has 0 saturated heterocycles. The van der Waals surface area contributed by atoms with Crippen LogP contribution in [0.2, 0.25) is 0 Å². The van der Waals surface area contributed by atoms with Crippen molar-refractivity contribution in [1.29, 1.82) is 0 Å². The number of phenolic OH excluding ortho intramolecular Hbond substituents is 2. The van der Waals surface area contributed by atoms with Gasteiger partial charge >= 0.3 is 0 Å².